The van der Waals surface area contributed by atoms with Gasteiger partial charge in [-0.1, -0.05) is 19.8 Å². The molecule has 2 heterocycles. The Balaban J connectivity index is 1.74. The first kappa shape index (κ1) is 15.8. The Morgan fingerprint density at radius 1 is 1.48 bits per heavy atom. The number of amides is 1. The van der Waals surface area contributed by atoms with Gasteiger partial charge in [0.1, 0.15) is 0 Å². The number of anilines is 1. The van der Waals surface area contributed by atoms with Crippen LogP contribution in [0.4, 0.5) is 5.69 Å². The van der Waals surface area contributed by atoms with Crippen molar-refractivity contribution in [3.8, 4) is 0 Å². The molecule has 1 aliphatic heterocycles. The standard InChI is InChI=1S/C17H27N3O/c1-2-3-4-9-17(21)20-11-6-7-15(14-20)12-19-16-8-5-10-18-13-16/h5,8,10,13,15,19H,2-4,6-7,9,11-12,14H2,1H3. The van der Waals surface area contributed by atoms with Crippen LogP contribution in [-0.2, 0) is 4.79 Å². The van der Waals surface area contributed by atoms with Gasteiger partial charge in [-0.15, -0.1) is 0 Å². The lowest BCUT2D eigenvalue weighted by molar-refractivity contribution is -0.133. The van der Waals surface area contributed by atoms with E-state index in [0.29, 0.717) is 11.8 Å². The minimum Gasteiger partial charge on any atom is -0.383 e. The lowest BCUT2D eigenvalue weighted by Gasteiger charge is -2.33. The zero-order valence-electron chi connectivity index (χ0n) is 13.1. The number of nitrogens with one attached hydrogen (secondary N) is 1. The Kier molecular flexibility index (Phi) is 6.51. The van der Waals surface area contributed by atoms with Crippen LogP contribution >= 0.6 is 0 Å². The van der Waals surface area contributed by atoms with Gasteiger partial charge < -0.3 is 10.2 Å². The molecule has 116 valence electrons. The predicted octanol–water partition coefficient (Wildman–Crippen LogP) is 3.31. The smallest absolute Gasteiger partial charge is 0.222 e. The van der Waals surface area contributed by atoms with E-state index in [4.69, 9.17) is 0 Å². The minimum atomic E-state index is 0.342. The third-order valence-electron chi connectivity index (χ3n) is 4.12. The van der Waals surface area contributed by atoms with Gasteiger partial charge in [0.15, 0.2) is 0 Å². The van der Waals surface area contributed by atoms with E-state index < -0.39 is 0 Å². The Morgan fingerprint density at radius 3 is 3.14 bits per heavy atom. The molecule has 1 aromatic heterocycles. The number of nitrogens with zero attached hydrogens (tertiary/aromatic N) is 2. The van der Waals surface area contributed by atoms with Crippen molar-refractivity contribution >= 4 is 11.6 Å². The molecule has 0 aromatic carbocycles. The van der Waals surface area contributed by atoms with Gasteiger partial charge in [0, 0.05) is 38.4 Å². The Bertz CT molecular complexity index is 421. The summed E-state index contributed by atoms with van der Waals surface area (Å²) >= 11 is 0. The molecule has 4 nitrogen and oxygen atoms in total. The van der Waals surface area contributed by atoms with Crippen molar-refractivity contribution < 1.29 is 4.79 Å². The number of unbranched alkanes of at least 4 members (excludes halogenated alkanes) is 2. The maximum atomic E-state index is 12.2. The molecule has 0 bridgehead atoms. The number of aromatic nitrogens is 1. The number of hydrogen-bond acceptors (Lipinski definition) is 3. The second kappa shape index (κ2) is 8.65. The third kappa shape index (κ3) is 5.37. The highest BCUT2D eigenvalue weighted by atomic mass is 16.2. The van der Waals surface area contributed by atoms with Crippen molar-refractivity contribution in [2.24, 2.45) is 5.92 Å². The first-order valence-corrected chi connectivity index (χ1v) is 8.21. The van der Waals surface area contributed by atoms with Crippen LogP contribution in [0.15, 0.2) is 24.5 Å². The van der Waals surface area contributed by atoms with Crippen molar-refractivity contribution in [3.05, 3.63) is 24.5 Å². The van der Waals surface area contributed by atoms with Gasteiger partial charge in [0.25, 0.3) is 0 Å². The predicted molar refractivity (Wildman–Crippen MR) is 86.2 cm³/mol. The number of pyridine rings is 1. The van der Waals surface area contributed by atoms with E-state index in [1.165, 1.54) is 12.8 Å². The number of hydrogen-bond donors (Lipinski definition) is 1. The second-order valence-corrected chi connectivity index (χ2v) is 5.93. The number of carbonyl (C=O) groups is 1. The molecule has 1 saturated heterocycles. The Labute approximate surface area is 127 Å². The van der Waals surface area contributed by atoms with Crippen molar-refractivity contribution in [1.82, 2.24) is 9.88 Å². The molecular formula is C17H27N3O. The van der Waals surface area contributed by atoms with Gasteiger partial charge in [0.05, 0.1) is 5.69 Å². The molecule has 1 unspecified atom stereocenters. The van der Waals surface area contributed by atoms with Crippen LogP contribution < -0.4 is 5.32 Å². The quantitative estimate of drug-likeness (QED) is 0.783. The van der Waals surface area contributed by atoms with E-state index in [1.54, 1.807) is 6.20 Å². The highest BCUT2D eigenvalue weighted by Gasteiger charge is 2.22. The molecule has 1 aromatic rings. The van der Waals surface area contributed by atoms with Crippen molar-refractivity contribution in [2.75, 3.05) is 25.0 Å². The van der Waals surface area contributed by atoms with E-state index in [-0.39, 0.29) is 0 Å². The molecule has 1 amide bonds. The van der Waals surface area contributed by atoms with Crippen molar-refractivity contribution in [1.29, 1.82) is 0 Å². The average molecular weight is 289 g/mol. The van der Waals surface area contributed by atoms with Crippen LogP contribution in [0.1, 0.15) is 45.4 Å². The molecule has 21 heavy (non-hydrogen) atoms. The summed E-state index contributed by atoms with van der Waals surface area (Å²) < 4.78 is 0. The summed E-state index contributed by atoms with van der Waals surface area (Å²) in [6, 6.07) is 3.97. The topological polar surface area (TPSA) is 45.2 Å². The lowest BCUT2D eigenvalue weighted by atomic mass is 9.97. The minimum absolute atomic E-state index is 0.342. The van der Waals surface area contributed by atoms with Crippen LogP contribution in [0.2, 0.25) is 0 Å². The fourth-order valence-corrected chi connectivity index (χ4v) is 2.87. The van der Waals surface area contributed by atoms with E-state index in [9.17, 15) is 4.79 Å². The van der Waals surface area contributed by atoms with Gasteiger partial charge in [0.2, 0.25) is 5.91 Å². The van der Waals surface area contributed by atoms with Crippen LogP contribution in [0, 0.1) is 5.92 Å². The number of carbonyl (C=O) groups excluding carboxylic acids is 1. The summed E-state index contributed by atoms with van der Waals surface area (Å²) in [6.07, 6.45) is 10.0. The number of rotatable bonds is 7. The number of likely N-dealkylation sites (tertiary alicyclic amines) is 1. The molecule has 4 heteroatoms. The SMILES string of the molecule is CCCCCC(=O)N1CCCC(CNc2cccnc2)C1. The van der Waals surface area contributed by atoms with Gasteiger partial charge in [-0.05, 0) is 37.3 Å². The molecule has 0 aliphatic carbocycles. The first-order valence-electron chi connectivity index (χ1n) is 8.21. The highest BCUT2D eigenvalue weighted by Crippen LogP contribution is 2.18. The van der Waals surface area contributed by atoms with Crippen LogP contribution in [0.5, 0.6) is 0 Å². The summed E-state index contributed by atoms with van der Waals surface area (Å²) in [5.41, 5.74) is 1.06. The maximum Gasteiger partial charge on any atom is 0.222 e. The second-order valence-electron chi connectivity index (χ2n) is 5.93. The Morgan fingerprint density at radius 2 is 2.38 bits per heavy atom. The summed E-state index contributed by atoms with van der Waals surface area (Å²) in [6.45, 7) is 4.93. The van der Waals surface area contributed by atoms with Gasteiger partial charge in [-0.3, -0.25) is 9.78 Å². The molecule has 1 N–H and O–H groups in total. The number of piperidine rings is 1. The fraction of sp³-hybridized carbons (Fsp3) is 0.647. The maximum absolute atomic E-state index is 12.2. The van der Waals surface area contributed by atoms with Crippen LogP contribution in [0.3, 0.4) is 0 Å². The zero-order valence-corrected chi connectivity index (χ0v) is 13.1. The van der Waals surface area contributed by atoms with Gasteiger partial charge in [-0.25, -0.2) is 0 Å². The van der Waals surface area contributed by atoms with Crippen molar-refractivity contribution in [3.63, 3.8) is 0 Å². The summed E-state index contributed by atoms with van der Waals surface area (Å²) in [5.74, 6) is 0.892. The normalized spacial score (nSPS) is 18.5. The first-order chi connectivity index (χ1) is 10.3. The Hall–Kier alpha value is -1.58. The van der Waals surface area contributed by atoms with Gasteiger partial charge in [-0.2, -0.15) is 0 Å². The summed E-state index contributed by atoms with van der Waals surface area (Å²) in [4.78, 5) is 18.4. The van der Waals surface area contributed by atoms with E-state index in [0.717, 1.165) is 51.0 Å². The summed E-state index contributed by atoms with van der Waals surface area (Å²) in [5, 5.41) is 3.43. The van der Waals surface area contributed by atoms with Crippen molar-refractivity contribution in [2.45, 2.75) is 45.4 Å². The molecule has 0 radical (unpaired) electrons. The van der Waals surface area contributed by atoms with E-state index in [2.05, 4.69) is 22.1 Å². The summed E-state index contributed by atoms with van der Waals surface area (Å²) in [7, 11) is 0. The molecule has 0 saturated carbocycles. The average Bonchev–Trinajstić information content (AvgIpc) is 2.54. The molecule has 1 aliphatic rings. The molecule has 1 fully saturated rings. The fourth-order valence-electron chi connectivity index (χ4n) is 2.87. The molecule has 0 spiro atoms. The third-order valence-corrected chi connectivity index (χ3v) is 4.12. The van der Waals surface area contributed by atoms with Crippen LogP contribution in [-0.4, -0.2) is 35.4 Å². The molecular weight excluding hydrogens is 262 g/mol. The van der Waals surface area contributed by atoms with Gasteiger partial charge >= 0.3 is 0 Å². The highest BCUT2D eigenvalue weighted by molar-refractivity contribution is 5.76. The lowest BCUT2D eigenvalue weighted by Crippen LogP contribution is -2.41. The zero-order chi connectivity index (χ0) is 14.9. The van der Waals surface area contributed by atoms with E-state index >= 15 is 0 Å². The van der Waals surface area contributed by atoms with E-state index in [1.807, 2.05) is 18.3 Å². The monoisotopic (exact) mass is 289 g/mol. The molecule has 1 atom stereocenters. The van der Waals surface area contributed by atoms with Crippen LogP contribution in [0.25, 0.3) is 0 Å². The molecule has 2 rings (SSSR count). The largest absolute Gasteiger partial charge is 0.383 e.